The van der Waals surface area contributed by atoms with E-state index in [9.17, 15) is 5.11 Å². The Morgan fingerprint density at radius 3 is 2.60 bits per heavy atom. The lowest BCUT2D eigenvalue weighted by molar-refractivity contribution is -0.0961. The van der Waals surface area contributed by atoms with E-state index in [4.69, 9.17) is 20.3 Å². The van der Waals surface area contributed by atoms with Crippen molar-refractivity contribution in [1.82, 2.24) is 0 Å². The smallest absolute Gasteiger partial charge is 0.110 e. The summed E-state index contributed by atoms with van der Waals surface area (Å²) < 4.78 is 10.9. The maximum Gasteiger partial charge on any atom is 0.110 e. The topological polar surface area (TPSA) is 84.9 Å². The van der Waals surface area contributed by atoms with Gasteiger partial charge in [-0.1, -0.05) is 0 Å². The van der Waals surface area contributed by atoms with Crippen molar-refractivity contribution in [2.75, 3.05) is 13.2 Å². The van der Waals surface area contributed by atoms with E-state index in [0.29, 0.717) is 6.61 Å². The van der Waals surface area contributed by atoms with Crippen LogP contribution in [0.15, 0.2) is 0 Å². The van der Waals surface area contributed by atoms with E-state index >= 15 is 0 Å². The molecule has 0 aromatic heterocycles. The lowest BCUT2D eigenvalue weighted by Crippen LogP contribution is -2.47. The van der Waals surface area contributed by atoms with Gasteiger partial charge in [0, 0.05) is 0 Å². The van der Waals surface area contributed by atoms with Crippen LogP contribution in [0, 0.1) is 0 Å². The summed E-state index contributed by atoms with van der Waals surface area (Å²) in [6.07, 6.45) is -1.68. The summed E-state index contributed by atoms with van der Waals surface area (Å²) in [5.41, 5.74) is 5.28. The van der Waals surface area contributed by atoms with Gasteiger partial charge in [-0.05, 0) is 20.8 Å². The second kappa shape index (κ2) is 4.76. The van der Waals surface area contributed by atoms with Gasteiger partial charge in [-0.25, -0.2) is 0 Å². The zero-order chi connectivity index (χ0) is 11.6. The van der Waals surface area contributed by atoms with Gasteiger partial charge < -0.3 is 25.4 Å². The fraction of sp³-hybridized carbons (Fsp3) is 1.00. The first-order chi connectivity index (χ1) is 6.85. The van der Waals surface area contributed by atoms with E-state index < -0.39 is 18.2 Å². The maximum atomic E-state index is 9.87. The number of aliphatic hydroxyl groups excluding tert-OH is 2. The minimum atomic E-state index is -0.772. The monoisotopic (exact) mass is 219 g/mol. The molecule has 0 saturated carbocycles. The van der Waals surface area contributed by atoms with Gasteiger partial charge in [0.1, 0.15) is 18.3 Å². The van der Waals surface area contributed by atoms with Crippen LogP contribution in [0.5, 0.6) is 0 Å². The van der Waals surface area contributed by atoms with Crippen LogP contribution < -0.4 is 5.73 Å². The second-order valence-corrected chi connectivity index (χ2v) is 4.90. The van der Waals surface area contributed by atoms with Crippen LogP contribution in [-0.4, -0.2) is 53.4 Å². The van der Waals surface area contributed by atoms with Gasteiger partial charge in [0.2, 0.25) is 0 Å². The van der Waals surface area contributed by atoms with Crippen LogP contribution in [0.3, 0.4) is 0 Å². The molecule has 1 heterocycles. The Bertz CT molecular complexity index is 204. The average molecular weight is 219 g/mol. The summed E-state index contributed by atoms with van der Waals surface area (Å²) in [5.74, 6) is 0. The molecule has 4 N–H and O–H groups in total. The molecule has 5 heteroatoms. The molecule has 1 aliphatic rings. The molecule has 0 amide bonds. The van der Waals surface area contributed by atoms with Crippen molar-refractivity contribution in [2.24, 2.45) is 5.73 Å². The Morgan fingerprint density at radius 1 is 1.53 bits per heavy atom. The Hall–Kier alpha value is -0.200. The molecule has 4 unspecified atom stereocenters. The summed E-state index contributed by atoms with van der Waals surface area (Å²) in [4.78, 5) is 0. The molecule has 0 aromatic carbocycles. The van der Waals surface area contributed by atoms with Crippen molar-refractivity contribution >= 4 is 0 Å². The molecule has 1 aliphatic heterocycles. The van der Waals surface area contributed by atoms with E-state index in [-0.39, 0.29) is 18.3 Å². The first-order valence-electron chi connectivity index (χ1n) is 5.19. The summed E-state index contributed by atoms with van der Waals surface area (Å²) in [5, 5.41) is 18.7. The maximum absolute atomic E-state index is 9.87. The zero-order valence-electron chi connectivity index (χ0n) is 9.51. The lowest BCUT2D eigenvalue weighted by atomic mass is 10.0. The number of hydrogen-bond donors (Lipinski definition) is 3. The molecule has 1 saturated heterocycles. The highest BCUT2D eigenvalue weighted by molar-refractivity contribution is 4.91. The largest absolute Gasteiger partial charge is 0.395 e. The molecule has 0 aliphatic carbocycles. The predicted molar refractivity (Wildman–Crippen MR) is 55.4 cm³/mol. The summed E-state index contributed by atoms with van der Waals surface area (Å²) in [6.45, 7) is 5.86. The molecular weight excluding hydrogens is 198 g/mol. The lowest BCUT2D eigenvalue weighted by Gasteiger charge is -2.27. The van der Waals surface area contributed by atoms with Crippen molar-refractivity contribution in [3.63, 3.8) is 0 Å². The van der Waals surface area contributed by atoms with Gasteiger partial charge in [0.25, 0.3) is 0 Å². The number of rotatable bonds is 3. The van der Waals surface area contributed by atoms with E-state index in [1.54, 1.807) is 0 Å². The van der Waals surface area contributed by atoms with Crippen LogP contribution in [-0.2, 0) is 9.47 Å². The Labute approximate surface area is 90.2 Å². The molecule has 4 atom stereocenters. The molecule has 15 heavy (non-hydrogen) atoms. The fourth-order valence-corrected chi connectivity index (χ4v) is 1.65. The van der Waals surface area contributed by atoms with Crippen LogP contribution in [0.1, 0.15) is 20.8 Å². The fourth-order valence-electron chi connectivity index (χ4n) is 1.65. The van der Waals surface area contributed by atoms with Crippen molar-refractivity contribution in [3.8, 4) is 0 Å². The van der Waals surface area contributed by atoms with Gasteiger partial charge in [0.05, 0.1) is 24.9 Å². The van der Waals surface area contributed by atoms with Crippen molar-refractivity contribution in [2.45, 2.75) is 50.7 Å². The van der Waals surface area contributed by atoms with Crippen LogP contribution >= 0.6 is 0 Å². The molecule has 90 valence electrons. The standard InChI is InChI=1S/C10H21NO4/c1-10(2,3)15-7-5-14-9(8(7)13)6(11)4-12/h6-9,12-13H,4-5,11H2,1-3H3. The zero-order valence-corrected chi connectivity index (χ0v) is 9.51. The van der Waals surface area contributed by atoms with Crippen LogP contribution in [0.4, 0.5) is 0 Å². The van der Waals surface area contributed by atoms with Gasteiger partial charge in [-0.3, -0.25) is 0 Å². The number of hydrogen-bond acceptors (Lipinski definition) is 5. The predicted octanol–water partition coefficient (Wildman–Crippen LogP) is -0.751. The van der Waals surface area contributed by atoms with E-state index in [2.05, 4.69) is 0 Å². The first-order valence-corrected chi connectivity index (χ1v) is 5.19. The van der Waals surface area contributed by atoms with E-state index in [1.165, 1.54) is 0 Å². The highest BCUT2D eigenvalue weighted by atomic mass is 16.6. The molecule has 1 rings (SSSR count). The van der Waals surface area contributed by atoms with Crippen LogP contribution in [0.25, 0.3) is 0 Å². The Balaban J connectivity index is 2.52. The minimum Gasteiger partial charge on any atom is -0.395 e. The van der Waals surface area contributed by atoms with E-state index in [1.807, 2.05) is 20.8 Å². The Morgan fingerprint density at radius 2 is 2.13 bits per heavy atom. The molecular formula is C10H21NO4. The molecule has 0 radical (unpaired) electrons. The summed E-state index contributed by atoms with van der Waals surface area (Å²) in [7, 11) is 0. The SMILES string of the molecule is CC(C)(C)OC1COC(C(N)CO)C1O. The number of nitrogens with two attached hydrogens (primary N) is 1. The van der Waals surface area contributed by atoms with Crippen molar-refractivity contribution in [1.29, 1.82) is 0 Å². The Kier molecular flexibility index (Phi) is 4.08. The third-order valence-electron chi connectivity index (χ3n) is 2.31. The van der Waals surface area contributed by atoms with Gasteiger partial charge in [0.15, 0.2) is 0 Å². The molecule has 0 bridgehead atoms. The highest BCUT2D eigenvalue weighted by Crippen LogP contribution is 2.23. The normalized spacial score (nSPS) is 34.4. The third-order valence-corrected chi connectivity index (χ3v) is 2.31. The van der Waals surface area contributed by atoms with Gasteiger partial charge >= 0.3 is 0 Å². The van der Waals surface area contributed by atoms with Gasteiger partial charge in [-0.15, -0.1) is 0 Å². The highest BCUT2D eigenvalue weighted by Gasteiger charge is 2.41. The summed E-state index contributed by atoms with van der Waals surface area (Å²) >= 11 is 0. The van der Waals surface area contributed by atoms with Crippen molar-refractivity contribution < 1.29 is 19.7 Å². The number of ether oxygens (including phenoxy) is 2. The summed E-state index contributed by atoms with van der Waals surface area (Å²) in [6, 6.07) is -0.562. The minimum absolute atomic E-state index is 0.204. The third kappa shape index (κ3) is 3.39. The molecule has 0 aromatic rings. The van der Waals surface area contributed by atoms with Gasteiger partial charge in [-0.2, -0.15) is 0 Å². The van der Waals surface area contributed by atoms with E-state index in [0.717, 1.165) is 0 Å². The van der Waals surface area contributed by atoms with Crippen molar-refractivity contribution in [3.05, 3.63) is 0 Å². The molecule has 0 spiro atoms. The molecule has 1 fully saturated rings. The quantitative estimate of drug-likeness (QED) is 0.581. The second-order valence-electron chi connectivity index (χ2n) is 4.90. The average Bonchev–Trinajstić information content (AvgIpc) is 2.45. The van der Waals surface area contributed by atoms with Crippen LogP contribution in [0.2, 0.25) is 0 Å². The number of aliphatic hydroxyl groups is 2. The first kappa shape index (κ1) is 12.9. The molecule has 5 nitrogen and oxygen atoms in total.